The van der Waals surface area contributed by atoms with Crippen molar-refractivity contribution in [3.05, 3.63) is 85.1 Å². The summed E-state index contributed by atoms with van der Waals surface area (Å²) < 4.78 is 4.22. The minimum Gasteiger partial charge on any atom is -0.327 e. The number of benzene rings is 1. The molecule has 0 saturated carbocycles. The molecule has 4 rings (SSSR count). The fourth-order valence-corrected chi connectivity index (χ4v) is 3.43. The fourth-order valence-electron chi connectivity index (χ4n) is 3.43. The monoisotopic (exact) mass is 372 g/mol. The van der Waals surface area contributed by atoms with Crippen molar-refractivity contribution < 1.29 is 0 Å². The molecule has 0 fully saturated rings. The predicted molar refractivity (Wildman–Crippen MR) is 110 cm³/mol. The van der Waals surface area contributed by atoms with Gasteiger partial charge in [-0.15, -0.1) is 0 Å². The van der Waals surface area contributed by atoms with Crippen LogP contribution in [-0.4, -0.2) is 24.1 Å². The first-order chi connectivity index (χ1) is 13.8. The number of pyridine rings is 1. The second-order valence-electron chi connectivity index (χ2n) is 6.80. The lowest BCUT2D eigenvalue weighted by Crippen LogP contribution is -2.20. The third-order valence-corrected chi connectivity index (χ3v) is 4.79. The van der Waals surface area contributed by atoms with Gasteiger partial charge in [-0.1, -0.05) is 25.1 Å². The number of hydrogen-bond acceptors (Lipinski definition) is 4. The van der Waals surface area contributed by atoms with Gasteiger partial charge in [-0.3, -0.25) is 4.98 Å². The van der Waals surface area contributed by atoms with Gasteiger partial charge >= 0.3 is 0 Å². The van der Waals surface area contributed by atoms with Crippen LogP contribution >= 0.6 is 0 Å². The van der Waals surface area contributed by atoms with Crippen LogP contribution in [0.25, 0.3) is 16.9 Å². The van der Waals surface area contributed by atoms with Gasteiger partial charge in [0, 0.05) is 42.9 Å². The number of nitrogens with two attached hydrogens (primary N) is 1. The van der Waals surface area contributed by atoms with E-state index in [2.05, 4.69) is 50.7 Å². The van der Waals surface area contributed by atoms with E-state index in [1.54, 1.807) is 18.7 Å². The zero-order chi connectivity index (χ0) is 19.3. The first-order valence-corrected chi connectivity index (χ1v) is 9.56. The average Bonchev–Trinajstić information content (AvgIpc) is 3.40. The third-order valence-electron chi connectivity index (χ3n) is 4.79. The van der Waals surface area contributed by atoms with E-state index < -0.39 is 0 Å². The molecular formula is C22H24N6. The maximum atomic E-state index is 6.50. The highest BCUT2D eigenvalue weighted by atomic mass is 15.1. The van der Waals surface area contributed by atoms with Crippen molar-refractivity contribution in [2.45, 2.75) is 32.4 Å². The molecular weight excluding hydrogens is 348 g/mol. The predicted octanol–water partition coefficient (Wildman–Crippen LogP) is 3.78. The minimum absolute atomic E-state index is 0.194. The smallest absolute Gasteiger partial charge is 0.126 e. The van der Waals surface area contributed by atoms with Crippen LogP contribution in [0.2, 0.25) is 0 Å². The normalized spacial score (nSPS) is 12.2. The molecule has 28 heavy (non-hydrogen) atoms. The van der Waals surface area contributed by atoms with Crippen molar-refractivity contribution in [1.82, 2.24) is 24.1 Å². The average molecular weight is 372 g/mol. The van der Waals surface area contributed by atoms with E-state index in [0.29, 0.717) is 6.42 Å². The van der Waals surface area contributed by atoms with E-state index in [1.807, 2.05) is 35.2 Å². The molecule has 0 radical (unpaired) electrons. The van der Waals surface area contributed by atoms with Gasteiger partial charge in [0.2, 0.25) is 0 Å². The molecule has 6 heteroatoms. The highest BCUT2D eigenvalue weighted by Gasteiger charge is 2.18. The molecule has 6 nitrogen and oxygen atoms in total. The summed E-state index contributed by atoms with van der Waals surface area (Å²) in [5.41, 5.74) is 10.8. The summed E-state index contributed by atoms with van der Waals surface area (Å²) in [7, 11) is 0. The summed E-state index contributed by atoms with van der Waals surface area (Å²) in [6.07, 6.45) is 10.9. The van der Waals surface area contributed by atoms with Gasteiger partial charge in [0.05, 0.1) is 24.3 Å². The molecule has 0 unspecified atom stereocenters. The fraction of sp³-hybridized carbons (Fsp3) is 0.227. The van der Waals surface area contributed by atoms with Crippen molar-refractivity contribution in [3.63, 3.8) is 0 Å². The molecule has 2 N–H and O–H groups in total. The van der Waals surface area contributed by atoms with Crippen molar-refractivity contribution >= 4 is 0 Å². The van der Waals surface area contributed by atoms with Crippen LogP contribution in [0.3, 0.4) is 0 Å². The van der Waals surface area contributed by atoms with Gasteiger partial charge in [0.15, 0.2) is 0 Å². The van der Waals surface area contributed by atoms with Crippen LogP contribution < -0.4 is 5.73 Å². The molecule has 0 aliphatic heterocycles. The highest BCUT2D eigenvalue weighted by Crippen LogP contribution is 2.26. The summed E-state index contributed by atoms with van der Waals surface area (Å²) >= 11 is 0. The van der Waals surface area contributed by atoms with Crippen LogP contribution in [0.5, 0.6) is 0 Å². The third kappa shape index (κ3) is 3.73. The zero-order valence-corrected chi connectivity index (χ0v) is 15.9. The number of rotatable bonds is 7. The van der Waals surface area contributed by atoms with Crippen LogP contribution in [-0.2, 0) is 13.0 Å². The Morgan fingerprint density at radius 3 is 2.57 bits per heavy atom. The molecule has 0 amide bonds. The van der Waals surface area contributed by atoms with Crippen molar-refractivity contribution in [2.75, 3.05) is 0 Å². The van der Waals surface area contributed by atoms with Gasteiger partial charge in [0.1, 0.15) is 5.82 Å². The second kappa shape index (κ2) is 8.19. The lowest BCUT2D eigenvalue weighted by molar-refractivity contribution is 0.574. The van der Waals surface area contributed by atoms with Gasteiger partial charge in [-0.2, -0.15) is 0 Å². The maximum absolute atomic E-state index is 6.50. The first-order valence-electron chi connectivity index (χ1n) is 9.56. The molecule has 4 aromatic rings. The van der Waals surface area contributed by atoms with E-state index in [0.717, 1.165) is 41.4 Å². The Bertz CT molecular complexity index is 1000. The van der Waals surface area contributed by atoms with E-state index in [1.165, 1.54) is 0 Å². The number of imidazole rings is 2. The van der Waals surface area contributed by atoms with Crippen LogP contribution in [0, 0.1) is 0 Å². The van der Waals surface area contributed by atoms with Crippen LogP contribution in [0.15, 0.2) is 73.6 Å². The largest absolute Gasteiger partial charge is 0.327 e. The molecule has 0 saturated heterocycles. The van der Waals surface area contributed by atoms with Crippen molar-refractivity contribution in [1.29, 1.82) is 0 Å². The summed E-state index contributed by atoms with van der Waals surface area (Å²) in [5.74, 6) is 0.904. The molecule has 3 heterocycles. The maximum Gasteiger partial charge on any atom is 0.126 e. The van der Waals surface area contributed by atoms with Crippen molar-refractivity contribution in [3.8, 4) is 16.9 Å². The molecule has 0 aliphatic rings. The molecule has 1 atom stereocenters. The Hall–Kier alpha value is -3.25. The Labute approximate surface area is 164 Å². The molecule has 142 valence electrons. The summed E-state index contributed by atoms with van der Waals surface area (Å²) in [4.78, 5) is 13.2. The zero-order valence-electron chi connectivity index (χ0n) is 15.9. The molecule has 0 spiro atoms. The summed E-state index contributed by atoms with van der Waals surface area (Å²) in [5, 5.41) is 0. The Morgan fingerprint density at radius 1 is 1.04 bits per heavy atom. The molecule has 0 aliphatic carbocycles. The van der Waals surface area contributed by atoms with Crippen LogP contribution in [0.4, 0.5) is 0 Å². The number of hydrogen-bond donors (Lipinski definition) is 1. The van der Waals surface area contributed by atoms with Gasteiger partial charge in [-0.05, 0) is 36.2 Å². The molecule has 3 aromatic heterocycles. The highest BCUT2D eigenvalue weighted by molar-refractivity contribution is 5.61. The Kier molecular flexibility index (Phi) is 5.30. The molecule has 1 aromatic carbocycles. The van der Waals surface area contributed by atoms with E-state index >= 15 is 0 Å². The number of nitrogens with zero attached hydrogens (tertiary/aromatic N) is 5. The summed E-state index contributed by atoms with van der Waals surface area (Å²) in [6.45, 7) is 3.05. The lowest BCUT2D eigenvalue weighted by Gasteiger charge is -2.16. The second-order valence-corrected chi connectivity index (χ2v) is 6.80. The number of aromatic nitrogens is 5. The Balaban J connectivity index is 1.62. The van der Waals surface area contributed by atoms with Crippen molar-refractivity contribution in [2.24, 2.45) is 5.73 Å². The van der Waals surface area contributed by atoms with Gasteiger partial charge < -0.3 is 14.9 Å². The topological polar surface area (TPSA) is 74.5 Å². The van der Waals surface area contributed by atoms with Gasteiger partial charge in [-0.25, -0.2) is 9.97 Å². The standard InChI is InChI=1S/C22H24N6/c1-2-12-28-21(17-6-8-19(9-7-17)27-13-11-24-16-27)15-26-22(28)20(23)14-18-5-3-4-10-25-18/h3-11,13,15-16,20H,2,12,14,23H2,1H3/t20-/m0/s1. The molecule has 0 bridgehead atoms. The SMILES string of the molecule is CCCn1c(-c2ccc(-n3ccnc3)cc2)cnc1[C@@H](N)Cc1ccccn1. The minimum atomic E-state index is -0.194. The lowest BCUT2D eigenvalue weighted by atomic mass is 10.1. The quantitative estimate of drug-likeness (QED) is 0.536. The first kappa shape index (κ1) is 18.1. The van der Waals surface area contributed by atoms with E-state index in [9.17, 15) is 0 Å². The Morgan fingerprint density at radius 2 is 1.89 bits per heavy atom. The van der Waals surface area contributed by atoms with E-state index in [4.69, 9.17) is 5.73 Å². The van der Waals surface area contributed by atoms with Gasteiger partial charge in [0.25, 0.3) is 0 Å². The summed E-state index contributed by atoms with van der Waals surface area (Å²) in [6, 6.07) is 14.1. The van der Waals surface area contributed by atoms with E-state index in [-0.39, 0.29) is 6.04 Å². The van der Waals surface area contributed by atoms with Crippen LogP contribution in [0.1, 0.15) is 30.9 Å².